The van der Waals surface area contributed by atoms with Gasteiger partial charge in [0, 0.05) is 13.1 Å². The van der Waals surface area contributed by atoms with Gasteiger partial charge in [0.25, 0.3) is 0 Å². The third-order valence-electron chi connectivity index (χ3n) is 3.59. The molecule has 5 amide bonds. The molecule has 0 aromatic heterocycles. The Balaban J connectivity index is 1.93. The van der Waals surface area contributed by atoms with E-state index in [0.717, 1.165) is 16.0 Å². The Hall–Kier alpha value is -2.70. The van der Waals surface area contributed by atoms with Crippen LogP contribution in [0.5, 0.6) is 0 Å². The fraction of sp³-hybridized carbons (Fsp3) is 0.412. The fourth-order valence-electron chi connectivity index (χ4n) is 2.32. The van der Waals surface area contributed by atoms with Gasteiger partial charge in [0.05, 0.1) is 0 Å². The largest absolute Gasteiger partial charge is 0.350 e. The number of rotatable bonds is 6. The molecule has 7 heteroatoms. The van der Waals surface area contributed by atoms with E-state index in [2.05, 4.69) is 5.32 Å². The molecule has 1 aliphatic rings. The van der Waals surface area contributed by atoms with Gasteiger partial charge in [-0.2, -0.15) is 0 Å². The van der Waals surface area contributed by atoms with Crippen LogP contribution in [-0.2, 0) is 20.9 Å². The van der Waals surface area contributed by atoms with E-state index in [-0.39, 0.29) is 12.5 Å². The van der Waals surface area contributed by atoms with Crippen molar-refractivity contribution in [3.8, 4) is 0 Å². The van der Waals surface area contributed by atoms with E-state index in [9.17, 15) is 19.2 Å². The molecule has 24 heavy (non-hydrogen) atoms. The van der Waals surface area contributed by atoms with Crippen molar-refractivity contribution in [2.45, 2.75) is 27.3 Å². The van der Waals surface area contributed by atoms with E-state index in [1.54, 1.807) is 0 Å². The van der Waals surface area contributed by atoms with E-state index in [1.165, 1.54) is 0 Å². The summed E-state index contributed by atoms with van der Waals surface area (Å²) >= 11 is 0. The van der Waals surface area contributed by atoms with Gasteiger partial charge in [-0.1, -0.05) is 43.7 Å². The topological polar surface area (TPSA) is 86.8 Å². The van der Waals surface area contributed by atoms with Crippen molar-refractivity contribution < 1.29 is 19.2 Å². The van der Waals surface area contributed by atoms with Crippen LogP contribution in [0.4, 0.5) is 4.79 Å². The van der Waals surface area contributed by atoms with E-state index in [4.69, 9.17) is 0 Å². The summed E-state index contributed by atoms with van der Waals surface area (Å²) in [6.45, 7) is 5.63. The number of nitrogens with zero attached hydrogens (tertiary/aromatic N) is 2. The number of benzene rings is 1. The molecular formula is C17H21N3O4. The van der Waals surface area contributed by atoms with Crippen molar-refractivity contribution in [1.82, 2.24) is 15.1 Å². The van der Waals surface area contributed by atoms with Gasteiger partial charge in [-0.05, 0) is 18.4 Å². The highest BCUT2D eigenvalue weighted by molar-refractivity contribution is 6.45. The lowest BCUT2D eigenvalue weighted by atomic mass is 10.1. The Kier molecular flexibility index (Phi) is 5.33. The lowest BCUT2D eigenvalue weighted by Gasteiger charge is -2.16. The molecule has 0 unspecified atom stereocenters. The average Bonchev–Trinajstić information content (AvgIpc) is 2.72. The Morgan fingerprint density at radius 2 is 1.62 bits per heavy atom. The summed E-state index contributed by atoms with van der Waals surface area (Å²) in [6.07, 6.45) is 0. The molecule has 0 saturated carbocycles. The van der Waals surface area contributed by atoms with Gasteiger partial charge >= 0.3 is 17.8 Å². The monoisotopic (exact) mass is 331 g/mol. The number of urea groups is 1. The van der Waals surface area contributed by atoms with Crippen molar-refractivity contribution in [3.05, 3.63) is 35.4 Å². The molecule has 2 rings (SSSR count). The van der Waals surface area contributed by atoms with Crippen LogP contribution in [0.15, 0.2) is 24.3 Å². The summed E-state index contributed by atoms with van der Waals surface area (Å²) in [7, 11) is 0. The minimum atomic E-state index is -0.953. The maximum absolute atomic E-state index is 12.1. The second kappa shape index (κ2) is 7.25. The highest BCUT2D eigenvalue weighted by atomic mass is 16.2. The number of carbonyl (C=O) groups excluding carboxylic acids is 4. The van der Waals surface area contributed by atoms with Crippen LogP contribution in [-0.4, -0.2) is 46.6 Å². The zero-order chi connectivity index (χ0) is 17.9. The van der Waals surface area contributed by atoms with Gasteiger partial charge in [0.2, 0.25) is 5.91 Å². The second-order valence-electron chi connectivity index (χ2n) is 6.25. The molecular weight excluding hydrogens is 310 g/mol. The van der Waals surface area contributed by atoms with Crippen LogP contribution in [0.3, 0.4) is 0 Å². The average molecular weight is 331 g/mol. The van der Waals surface area contributed by atoms with Gasteiger partial charge in [0.1, 0.15) is 6.54 Å². The van der Waals surface area contributed by atoms with Crippen LogP contribution in [0.1, 0.15) is 25.0 Å². The summed E-state index contributed by atoms with van der Waals surface area (Å²) in [5.41, 5.74) is 2.02. The van der Waals surface area contributed by atoms with Crippen LogP contribution in [0, 0.1) is 12.8 Å². The molecule has 1 aromatic carbocycles. The van der Waals surface area contributed by atoms with E-state index in [0.29, 0.717) is 11.4 Å². The number of hydrogen-bond donors (Lipinski definition) is 1. The van der Waals surface area contributed by atoms with E-state index < -0.39 is 30.3 Å². The van der Waals surface area contributed by atoms with Crippen molar-refractivity contribution >= 4 is 23.8 Å². The minimum Gasteiger partial charge on any atom is -0.350 e. The molecule has 1 N–H and O–H groups in total. The Morgan fingerprint density at radius 3 is 2.21 bits per heavy atom. The maximum Gasteiger partial charge on any atom is 0.334 e. The standard InChI is InChI=1S/C17H21N3O4/c1-11(2)9-19-15(22)16(23)20(17(19)24)10-14(21)18-8-13-6-4-12(3)5-7-13/h4-7,11H,8-10H2,1-3H3,(H,18,21). The number of amides is 5. The number of imide groups is 2. The van der Waals surface area contributed by atoms with E-state index >= 15 is 0 Å². The van der Waals surface area contributed by atoms with Gasteiger partial charge in [-0.25, -0.2) is 9.69 Å². The first-order valence-electron chi connectivity index (χ1n) is 7.79. The number of hydrogen-bond acceptors (Lipinski definition) is 4. The van der Waals surface area contributed by atoms with Gasteiger partial charge < -0.3 is 5.32 Å². The summed E-state index contributed by atoms with van der Waals surface area (Å²) < 4.78 is 0. The predicted molar refractivity (Wildman–Crippen MR) is 86.7 cm³/mol. The second-order valence-corrected chi connectivity index (χ2v) is 6.25. The highest BCUT2D eigenvalue weighted by Gasteiger charge is 2.45. The zero-order valence-corrected chi connectivity index (χ0v) is 14.0. The van der Waals surface area contributed by atoms with Crippen molar-refractivity contribution in [1.29, 1.82) is 0 Å². The van der Waals surface area contributed by atoms with Gasteiger partial charge in [0.15, 0.2) is 0 Å². The zero-order valence-electron chi connectivity index (χ0n) is 14.0. The van der Waals surface area contributed by atoms with E-state index in [1.807, 2.05) is 45.0 Å². The normalized spacial score (nSPS) is 14.8. The molecule has 0 atom stereocenters. The summed E-state index contributed by atoms with van der Waals surface area (Å²) in [5, 5.41) is 2.64. The Morgan fingerprint density at radius 1 is 1.04 bits per heavy atom. The lowest BCUT2D eigenvalue weighted by Crippen LogP contribution is -2.41. The molecule has 1 saturated heterocycles. The van der Waals surface area contributed by atoms with Crippen molar-refractivity contribution in [3.63, 3.8) is 0 Å². The molecule has 1 fully saturated rings. The molecule has 7 nitrogen and oxygen atoms in total. The molecule has 1 aromatic rings. The van der Waals surface area contributed by atoms with Gasteiger partial charge in [-0.3, -0.25) is 19.3 Å². The summed E-state index contributed by atoms with van der Waals surface area (Å²) in [6, 6.07) is 6.89. The third-order valence-corrected chi connectivity index (χ3v) is 3.59. The summed E-state index contributed by atoms with van der Waals surface area (Å²) in [5.74, 6) is -2.27. The quantitative estimate of drug-likeness (QED) is 0.624. The first-order valence-corrected chi connectivity index (χ1v) is 7.79. The van der Waals surface area contributed by atoms with Crippen LogP contribution in [0.2, 0.25) is 0 Å². The molecule has 0 aliphatic carbocycles. The number of carbonyl (C=O) groups is 4. The molecule has 0 radical (unpaired) electrons. The van der Waals surface area contributed by atoms with Crippen LogP contribution in [0.25, 0.3) is 0 Å². The molecule has 0 bridgehead atoms. The Labute approximate surface area is 140 Å². The van der Waals surface area contributed by atoms with Crippen LogP contribution < -0.4 is 5.32 Å². The molecule has 128 valence electrons. The first kappa shape index (κ1) is 17.7. The minimum absolute atomic E-state index is 0.0426. The summed E-state index contributed by atoms with van der Waals surface area (Å²) in [4.78, 5) is 49.4. The highest BCUT2D eigenvalue weighted by Crippen LogP contribution is 2.13. The van der Waals surface area contributed by atoms with Crippen molar-refractivity contribution in [2.24, 2.45) is 5.92 Å². The Bertz CT molecular complexity index is 667. The lowest BCUT2D eigenvalue weighted by molar-refractivity contribution is -0.144. The SMILES string of the molecule is Cc1ccc(CNC(=O)CN2C(=O)C(=O)N(CC(C)C)C2=O)cc1. The smallest absolute Gasteiger partial charge is 0.334 e. The van der Waals surface area contributed by atoms with Crippen LogP contribution >= 0.6 is 0 Å². The molecule has 1 heterocycles. The number of nitrogens with one attached hydrogen (secondary N) is 1. The number of aryl methyl sites for hydroxylation is 1. The maximum atomic E-state index is 12.1. The van der Waals surface area contributed by atoms with Gasteiger partial charge in [-0.15, -0.1) is 0 Å². The molecule has 1 aliphatic heterocycles. The first-order chi connectivity index (χ1) is 11.3. The third kappa shape index (κ3) is 3.98. The fourth-order valence-corrected chi connectivity index (χ4v) is 2.32. The predicted octanol–water partition coefficient (Wildman–Crippen LogP) is 1.06. The van der Waals surface area contributed by atoms with Crippen molar-refractivity contribution in [2.75, 3.05) is 13.1 Å². The molecule has 0 spiro atoms.